The van der Waals surface area contributed by atoms with Crippen LogP contribution in [0.1, 0.15) is 13.8 Å². The van der Waals surface area contributed by atoms with Crippen LogP contribution >= 0.6 is 0 Å². The maximum atomic E-state index is 5.56. The zero-order chi connectivity index (χ0) is 9.97. The first-order chi connectivity index (χ1) is 6.77. The number of hydrogen-bond donors (Lipinski definition) is 0. The third-order valence-corrected chi connectivity index (χ3v) is 2.23. The molecule has 0 radical (unpaired) electrons. The Kier molecular flexibility index (Phi) is 2.55. The molecule has 0 bridgehead atoms. The Morgan fingerprint density at radius 1 is 1.21 bits per heavy atom. The molecule has 14 heavy (non-hydrogen) atoms. The predicted molar refractivity (Wildman–Crippen MR) is 58.2 cm³/mol. The lowest BCUT2D eigenvalue weighted by Crippen LogP contribution is -2.07. The second-order valence-corrected chi connectivity index (χ2v) is 3.69. The van der Waals surface area contributed by atoms with Gasteiger partial charge in [-0.3, -0.25) is 0 Å². The number of aromatic nitrogens is 1. The van der Waals surface area contributed by atoms with E-state index in [0.29, 0.717) is 6.73 Å². The van der Waals surface area contributed by atoms with Crippen molar-refractivity contribution in [2.24, 2.45) is 0 Å². The van der Waals surface area contributed by atoms with Crippen molar-refractivity contribution in [3.63, 3.8) is 0 Å². The van der Waals surface area contributed by atoms with Gasteiger partial charge in [0.25, 0.3) is 0 Å². The van der Waals surface area contributed by atoms with Crippen molar-refractivity contribution in [3.05, 3.63) is 36.5 Å². The van der Waals surface area contributed by atoms with Gasteiger partial charge in [-0.15, -0.1) is 0 Å². The highest BCUT2D eigenvalue weighted by molar-refractivity contribution is 5.79. The molecule has 0 spiro atoms. The minimum absolute atomic E-state index is 0.274. The Labute approximate surface area is 84.1 Å². The van der Waals surface area contributed by atoms with Gasteiger partial charge in [0.05, 0.1) is 6.10 Å². The van der Waals surface area contributed by atoms with Gasteiger partial charge in [-0.2, -0.15) is 0 Å². The van der Waals surface area contributed by atoms with Crippen LogP contribution in [0.2, 0.25) is 0 Å². The summed E-state index contributed by atoms with van der Waals surface area (Å²) in [6.45, 7) is 4.72. The summed E-state index contributed by atoms with van der Waals surface area (Å²) in [4.78, 5) is 0. The van der Waals surface area contributed by atoms with Gasteiger partial charge in [-0.1, -0.05) is 18.2 Å². The molecule has 2 rings (SSSR count). The molecule has 0 fully saturated rings. The van der Waals surface area contributed by atoms with Crippen molar-refractivity contribution in [2.45, 2.75) is 26.7 Å². The van der Waals surface area contributed by atoms with Gasteiger partial charge in [0.1, 0.15) is 6.73 Å². The van der Waals surface area contributed by atoms with Gasteiger partial charge in [0.2, 0.25) is 0 Å². The maximum absolute atomic E-state index is 5.56. The largest absolute Gasteiger partial charge is 0.358 e. The lowest BCUT2D eigenvalue weighted by molar-refractivity contribution is 0.0310. The van der Waals surface area contributed by atoms with Crippen LogP contribution in [0.25, 0.3) is 10.9 Å². The Hall–Kier alpha value is -1.28. The summed E-state index contributed by atoms with van der Waals surface area (Å²) in [6.07, 6.45) is 2.34. The fraction of sp³-hybridized carbons (Fsp3) is 0.333. The molecule has 0 atom stereocenters. The highest BCUT2D eigenvalue weighted by atomic mass is 16.5. The van der Waals surface area contributed by atoms with E-state index >= 15 is 0 Å². The number of nitrogens with zero attached hydrogens (tertiary/aromatic N) is 1. The van der Waals surface area contributed by atoms with Crippen LogP contribution < -0.4 is 0 Å². The van der Waals surface area contributed by atoms with E-state index < -0.39 is 0 Å². The van der Waals surface area contributed by atoms with Crippen molar-refractivity contribution >= 4 is 10.9 Å². The lowest BCUT2D eigenvalue weighted by Gasteiger charge is -2.09. The van der Waals surface area contributed by atoms with E-state index in [1.165, 1.54) is 10.9 Å². The van der Waals surface area contributed by atoms with Crippen molar-refractivity contribution in [1.82, 2.24) is 4.57 Å². The maximum Gasteiger partial charge on any atom is 0.123 e. The summed E-state index contributed by atoms with van der Waals surface area (Å²) in [5.41, 5.74) is 1.23. The first kappa shape index (κ1) is 9.28. The number of benzene rings is 1. The fourth-order valence-corrected chi connectivity index (χ4v) is 1.48. The minimum atomic E-state index is 0.274. The molecular formula is C12H15NO. The number of hydrogen-bond acceptors (Lipinski definition) is 1. The monoisotopic (exact) mass is 189 g/mol. The van der Waals surface area contributed by atoms with Crippen molar-refractivity contribution in [1.29, 1.82) is 0 Å². The smallest absolute Gasteiger partial charge is 0.123 e. The summed E-state index contributed by atoms with van der Waals surface area (Å²) >= 11 is 0. The minimum Gasteiger partial charge on any atom is -0.358 e. The zero-order valence-corrected chi connectivity index (χ0v) is 8.60. The van der Waals surface area contributed by atoms with Crippen molar-refractivity contribution in [3.8, 4) is 0 Å². The van der Waals surface area contributed by atoms with Crippen LogP contribution in [-0.2, 0) is 11.5 Å². The number of ether oxygens (including phenoxy) is 1. The fourth-order valence-electron chi connectivity index (χ4n) is 1.48. The second-order valence-electron chi connectivity index (χ2n) is 3.69. The molecular weight excluding hydrogens is 174 g/mol. The first-order valence-electron chi connectivity index (χ1n) is 4.93. The molecule has 1 aromatic heterocycles. The molecule has 0 amide bonds. The average molecular weight is 189 g/mol. The second kappa shape index (κ2) is 3.84. The Balaban J connectivity index is 2.25. The van der Waals surface area contributed by atoms with E-state index in [1.807, 2.05) is 19.9 Å². The molecule has 2 heteroatoms. The quantitative estimate of drug-likeness (QED) is 0.724. The van der Waals surface area contributed by atoms with Crippen LogP contribution in [0.15, 0.2) is 36.5 Å². The van der Waals surface area contributed by atoms with Gasteiger partial charge in [0, 0.05) is 11.7 Å². The Morgan fingerprint density at radius 2 is 2.00 bits per heavy atom. The number of rotatable bonds is 3. The normalized spacial score (nSPS) is 11.4. The molecule has 0 aliphatic heterocycles. The Bertz CT molecular complexity index is 417. The van der Waals surface area contributed by atoms with E-state index in [4.69, 9.17) is 4.74 Å². The van der Waals surface area contributed by atoms with Gasteiger partial charge < -0.3 is 9.30 Å². The van der Waals surface area contributed by atoms with E-state index in [2.05, 4.69) is 35.0 Å². The first-order valence-corrected chi connectivity index (χ1v) is 4.93. The summed E-state index contributed by atoms with van der Waals surface area (Å²) in [5.74, 6) is 0. The molecule has 0 N–H and O–H groups in total. The summed E-state index contributed by atoms with van der Waals surface area (Å²) in [7, 11) is 0. The van der Waals surface area contributed by atoms with E-state index in [9.17, 15) is 0 Å². The molecule has 0 saturated heterocycles. The van der Waals surface area contributed by atoms with E-state index in [1.54, 1.807) is 0 Å². The van der Waals surface area contributed by atoms with Gasteiger partial charge in [0.15, 0.2) is 0 Å². The molecule has 0 unspecified atom stereocenters. The zero-order valence-electron chi connectivity index (χ0n) is 8.60. The summed E-state index contributed by atoms with van der Waals surface area (Å²) < 4.78 is 7.68. The highest BCUT2D eigenvalue weighted by Gasteiger charge is 2.00. The summed E-state index contributed by atoms with van der Waals surface area (Å²) in [5, 5.41) is 1.26. The topological polar surface area (TPSA) is 14.2 Å². The highest BCUT2D eigenvalue weighted by Crippen LogP contribution is 2.15. The third-order valence-electron chi connectivity index (χ3n) is 2.23. The van der Waals surface area contributed by atoms with Crippen LogP contribution in [0.4, 0.5) is 0 Å². The molecule has 1 heterocycles. The average Bonchev–Trinajstić information content (AvgIpc) is 2.58. The van der Waals surface area contributed by atoms with Gasteiger partial charge in [-0.25, -0.2) is 0 Å². The Morgan fingerprint density at radius 3 is 2.79 bits per heavy atom. The molecule has 2 nitrogen and oxygen atoms in total. The molecule has 74 valence electrons. The van der Waals surface area contributed by atoms with Crippen LogP contribution in [0, 0.1) is 0 Å². The number of fused-ring (bicyclic) bond motifs is 1. The van der Waals surface area contributed by atoms with E-state index in [-0.39, 0.29) is 6.10 Å². The SMILES string of the molecule is CC(C)OCn1ccc2ccccc21. The van der Waals surface area contributed by atoms with Crippen LogP contribution in [0.3, 0.4) is 0 Å². The molecule has 0 saturated carbocycles. The van der Waals surface area contributed by atoms with Crippen molar-refractivity contribution < 1.29 is 4.74 Å². The lowest BCUT2D eigenvalue weighted by atomic mass is 10.2. The van der Waals surface area contributed by atoms with Gasteiger partial charge in [-0.05, 0) is 31.4 Å². The van der Waals surface area contributed by atoms with Crippen LogP contribution in [0.5, 0.6) is 0 Å². The molecule has 2 aromatic rings. The molecule has 0 aliphatic carbocycles. The predicted octanol–water partition coefficient (Wildman–Crippen LogP) is 3.02. The van der Waals surface area contributed by atoms with Crippen LogP contribution in [-0.4, -0.2) is 10.7 Å². The van der Waals surface area contributed by atoms with Gasteiger partial charge >= 0.3 is 0 Å². The number of para-hydroxylation sites is 1. The standard InChI is InChI=1S/C12H15NO/c1-10(2)14-9-13-8-7-11-5-3-4-6-12(11)13/h3-8,10H,9H2,1-2H3. The third kappa shape index (κ3) is 1.80. The molecule has 0 aliphatic rings. The van der Waals surface area contributed by atoms with Crippen molar-refractivity contribution in [2.75, 3.05) is 0 Å². The van der Waals surface area contributed by atoms with E-state index in [0.717, 1.165) is 0 Å². The molecule has 1 aromatic carbocycles. The summed E-state index contributed by atoms with van der Waals surface area (Å²) in [6, 6.07) is 10.4.